The summed E-state index contributed by atoms with van der Waals surface area (Å²) in [6.45, 7) is 5.09. The summed E-state index contributed by atoms with van der Waals surface area (Å²) < 4.78 is 74.6. The van der Waals surface area contributed by atoms with Gasteiger partial charge >= 0.3 is 0 Å². The first-order valence-electron chi connectivity index (χ1n) is 33.1. The van der Waals surface area contributed by atoms with Crippen LogP contribution in [0.3, 0.4) is 0 Å². The van der Waals surface area contributed by atoms with Crippen LogP contribution in [0.25, 0.3) is 0 Å². The molecule has 0 bridgehead atoms. The highest BCUT2D eigenvalue weighted by Gasteiger charge is 2.80. The number of aliphatic hydroxyl groups is 1. The number of hydrogen-bond donors (Lipinski definition) is 7. The van der Waals surface area contributed by atoms with E-state index in [0.717, 1.165) is 22.8 Å². The number of fused-ring (bicyclic) bond motifs is 9. The molecule has 522 valence electrons. The summed E-state index contributed by atoms with van der Waals surface area (Å²) in [4.78, 5) is 119. The largest absolute Gasteiger partial charge is 0.390 e. The minimum absolute atomic E-state index is 0.0145. The summed E-state index contributed by atoms with van der Waals surface area (Å²) in [5, 5.41) is 27.1. The third-order valence-electron chi connectivity index (χ3n) is 19.1. The molecule has 0 spiro atoms. The van der Waals surface area contributed by atoms with Gasteiger partial charge in [-0.05, 0) is 85.6 Å². The van der Waals surface area contributed by atoms with Gasteiger partial charge in [0.1, 0.15) is 25.6 Å². The summed E-state index contributed by atoms with van der Waals surface area (Å²) in [5.74, 6) is -0.193. The number of carbonyl (C=O) groups is 9. The zero-order valence-electron chi connectivity index (χ0n) is 54.9. The zero-order chi connectivity index (χ0) is 69.2. The molecule has 6 aliphatic rings. The maximum Gasteiger partial charge on any atom is 0.243 e. The molecule has 26 heteroatoms. The Labute approximate surface area is 562 Å². The Morgan fingerprint density at radius 1 is 0.701 bits per heavy atom. The maximum atomic E-state index is 17.9. The van der Waals surface area contributed by atoms with Crippen LogP contribution in [-0.2, 0) is 89.3 Å². The molecule has 7 amide bonds. The van der Waals surface area contributed by atoms with Gasteiger partial charge in [0.2, 0.25) is 41.4 Å². The van der Waals surface area contributed by atoms with Crippen LogP contribution in [0.2, 0.25) is 0 Å². The maximum absolute atomic E-state index is 17.9. The number of halogens is 2. The molecule has 0 radical (unpaired) electrons. The molecule has 3 unspecified atom stereocenters. The van der Waals surface area contributed by atoms with Gasteiger partial charge in [0, 0.05) is 60.1 Å². The smallest absolute Gasteiger partial charge is 0.243 e. The molecule has 24 nitrogen and oxygen atoms in total. The highest BCUT2D eigenvalue weighted by atomic mass is 19.1. The minimum Gasteiger partial charge on any atom is -0.390 e. The van der Waals surface area contributed by atoms with E-state index in [-0.39, 0.29) is 102 Å². The number of nitrogens with one attached hydrogen (secondary N) is 6. The molecule has 4 aliphatic carbocycles. The lowest BCUT2D eigenvalue weighted by atomic mass is 9.44. The van der Waals surface area contributed by atoms with Gasteiger partial charge in [-0.1, -0.05) is 98.8 Å². The Bertz CT molecular complexity index is 3480. The van der Waals surface area contributed by atoms with Crippen molar-refractivity contribution in [3.05, 3.63) is 125 Å². The van der Waals surface area contributed by atoms with E-state index in [1.807, 2.05) is 55.5 Å². The van der Waals surface area contributed by atoms with E-state index in [1.54, 1.807) is 42.2 Å². The fraction of sp³-hybridized carbons (Fsp3) is 0.535. The van der Waals surface area contributed by atoms with Crippen LogP contribution in [-0.4, -0.2) is 192 Å². The highest BCUT2D eigenvalue weighted by molar-refractivity contribution is 6.01. The number of alkyl halides is 2. The van der Waals surface area contributed by atoms with Crippen molar-refractivity contribution in [3.8, 4) is 11.8 Å². The van der Waals surface area contributed by atoms with Gasteiger partial charge in [0.15, 0.2) is 29.1 Å². The Morgan fingerprint density at radius 3 is 2.07 bits per heavy atom. The number of para-hydroxylation sites is 1. The van der Waals surface area contributed by atoms with Crippen LogP contribution in [0.1, 0.15) is 94.4 Å². The van der Waals surface area contributed by atoms with Gasteiger partial charge in [0.05, 0.1) is 96.9 Å². The van der Waals surface area contributed by atoms with Crippen LogP contribution in [0.4, 0.5) is 14.5 Å². The van der Waals surface area contributed by atoms with Crippen molar-refractivity contribution in [2.24, 2.45) is 22.7 Å². The quantitative estimate of drug-likeness (QED) is 0.0253. The number of ketones is 2. The number of allylic oxidation sites excluding steroid dienone is 4. The van der Waals surface area contributed by atoms with E-state index in [0.29, 0.717) is 50.5 Å². The lowest BCUT2D eigenvalue weighted by Gasteiger charge is -2.63. The predicted octanol–water partition coefficient (Wildman–Crippen LogP) is 3.23. The van der Waals surface area contributed by atoms with Crippen molar-refractivity contribution in [2.45, 2.75) is 127 Å². The lowest BCUT2D eigenvalue weighted by molar-refractivity contribution is -0.235. The lowest BCUT2D eigenvalue weighted by Crippen LogP contribution is -2.71. The van der Waals surface area contributed by atoms with Crippen LogP contribution in [0.5, 0.6) is 0 Å². The average Bonchev–Trinajstić information content (AvgIpc) is 1.59. The molecule has 2 heterocycles. The molecule has 3 aromatic rings. The normalized spacial score (nSPS) is 25.9. The van der Waals surface area contributed by atoms with E-state index in [1.165, 1.54) is 19.1 Å². The number of rotatable bonds is 35. The van der Waals surface area contributed by atoms with Crippen molar-refractivity contribution in [1.29, 1.82) is 0 Å². The molecule has 2 aliphatic heterocycles. The highest BCUT2D eigenvalue weighted by Crippen LogP contribution is 2.72. The third kappa shape index (κ3) is 17.4. The number of aliphatic hydroxyl groups excluding tert-OH is 1. The zero-order valence-corrected chi connectivity index (χ0v) is 54.9. The van der Waals surface area contributed by atoms with Crippen molar-refractivity contribution < 1.29 is 90.2 Å². The van der Waals surface area contributed by atoms with Gasteiger partial charge in [-0.3, -0.25) is 43.2 Å². The molecule has 7 N–H and O–H groups in total. The fourth-order valence-corrected chi connectivity index (χ4v) is 14.3. The van der Waals surface area contributed by atoms with Crippen molar-refractivity contribution in [2.75, 3.05) is 97.3 Å². The van der Waals surface area contributed by atoms with Gasteiger partial charge in [-0.25, -0.2) is 8.78 Å². The molecule has 11 atom stereocenters. The molecule has 9 rings (SSSR count). The Kier molecular flexibility index (Phi) is 25.6. The average molecular weight is 1350 g/mol. The van der Waals surface area contributed by atoms with Crippen molar-refractivity contribution in [1.82, 2.24) is 31.9 Å². The van der Waals surface area contributed by atoms with Crippen LogP contribution in [0.15, 0.2) is 103 Å². The molecule has 3 aromatic carbocycles. The Morgan fingerprint density at radius 2 is 1.33 bits per heavy atom. The summed E-state index contributed by atoms with van der Waals surface area (Å²) in [6, 6.07) is 22.7. The van der Waals surface area contributed by atoms with Crippen molar-refractivity contribution >= 4 is 58.6 Å². The molecule has 4 fully saturated rings. The number of ether oxygens (including phenoxy) is 7. The summed E-state index contributed by atoms with van der Waals surface area (Å²) in [5.41, 5.74) is -3.07. The molecule has 0 aromatic heterocycles. The summed E-state index contributed by atoms with van der Waals surface area (Å²) in [6.07, 6.45) is -0.692. The van der Waals surface area contributed by atoms with Gasteiger partial charge < -0.3 is 75.1 Å². The van der Waals surface area contributed by atoms with E-state index in [9.17, 15) is 48.3 Å². The second-order valence-corrected chi connectivity index (χ2v) is 25.3. The Hall–Kier alpha value is -8.13. The van der Waals surface area contributed by atoms with E-state index in [4.69, 9.17) is 33.2 Å². The first-order valence-corrected chi connectivity index (χ1v) is 33.1. The minimum atomic E-state index is -2.38. The SMILES string of the molecule is CCCC1O[C@@H]2CC3C4C[C@H](F)C5=CC(=O)C=C[C@]5(C)[C@@]4(F)[C@@H](O)C[C@]3(C)[C@]2(C(=O)COCNC(=O)CNC(=O)[C@H](Cc2ccccc2)NC(=O)CNC(=O)CNC(=O)CCOCCOCCOCCOCCNC(=O)CCC(=O)N2Cc3ccccc3C#Cc3ccccc32)O1. The molecule has 97 heavy (non-hydrogen) atoms. The number of hydrogen-bond acceptors (Lipinski definition) is 17. The molecule has 1 saturated heterocycles. The standard InChI is InChI=1S/C71H87F2N7O17/c1-4-12-66-96-59-38-51-52-37-54(72)53-36-50(81)23-25-68(53,2)70(52,73)57(82)39-69(51,3)71(59,97-66)58(83)44-95-45-78-63(87)41-77-67(90)55(35-46-13-6-5-7-14-46)79-64(88)42-76-62(86)40-75-61(85)24-27-91-29-31-93-33-34-94-32-30-92-28-26-74-60(84)21-22-65(89)80-43-49-17-9-8-15-47(49)19-20-48-16-10-11-18-56(48)80/h5-11,13-18,23,25,36,51-52,54-55,57,59,66,82H,4,12,21-22,24,26-35,37-45H2,1-3H3,(H,74,84)(H,75,85)(H,76,86)(H,77,90)(H,78,87)(H,79,88)/t51?,52?,54-,55-,57-,59+,66?,68-,69-,70-,71+/m0/s1. The van der Waals surface area contributed by atoms with E-state index in [2.05, 4.69) is 43.7 Å². The topological polar surface area (TPSA) is 314 Å². The summed E-state index contributed by atoms with van der Waals surface area (Å²) in [7, 11) is 0. The van der Waals surface area contributed by atoms with Crippen LogP contribution in [0, 0.1) is 34.5 Å². The first kappa shape index (κ1) is 73.1. The van der Waals surface area contributed by atoms with Gasteiger partial charge in [-0.2, -0.15) is 0 Å². The second-order valence-electron chi connectivity index (χ2n) is 25.3. The number of nitrogens with zero attached hydrogens (tertiary/aromatic N) is 1. The summed E-state index contributed by atoms with van der Waals surface area (Å²) >= 11 is 0. The van der Waals surface area contributed by atoms with E-state index < -0.39 is 139 Å². The van der Waals surface area contributed by atoms with Gasteiger partial charge in [-0.15, -0.1) is 0 Å². The first-order chi connectivity index (χ1) is 46.7. The number of Topliss-reactive ketones (excluding diaryl/α,β-unsaturated/α-hetero) is 1. The number of amides is 7. The van der Waals surface area contributed by atoms with E-state index >= 15 is 8.78 Å². The molecular weight excluding hydrogens is 1260 g/mol. The third-order valence-corrected chi connectivity index (χ3v) is 19.1. The monoisotopic (exact) mass is 1350 g/mol. The van der Waals surface area contributed by atoms with Crippen LogP contribution >= 0.6 is 0 Å². The van der Waals surface area contributed by atoms with Crippen LogP contribution < -0.4 is 36.8 Å². The fourth-order valence-electron chi connectivity index (χ4n) is 14.3. The Balaban J connectivity index is 0.600. The number of carbonyl (C=O) groups excluding carboxylic acids is 9. The van der Waals surface area contributed by atoms with Crippen molar-refractivity contribution in [3.63, 3.8) is 0 Å². The predicted molar refractivity (Wildman–Crippen MR) is 347 cm³/mol. The number of benzene rings is 3. The second kappa shape index (κ2) is 33.9. The van der Waals surface area contributed by atoms with Gasteiger partial charge in [0.25, 0.3) is 0 Å². The number of anilines is 1. The molecule has 3 saturated carbocycles. The molecular formula is C71H87F2N7O17.